The molecule has 0 saturated carbocycles. The lowest BCUT2D eigenvalue weighted by Gasteiger charge is -2.23. The maximum atomic E-state index is 11.7. The highest BCUT2D eigenvalue weighted by Crippen LogP contribution is 2.28. The number of fused-ring (bicyclic) bond motifs is 1. The van der Waals surface area contributed by atoms with Crippen molar-refractivity contribution in [2.75, 3.05) is 37.6 Å². The van der Waals surface area contributed by atoms with Crippen molar-refractivity contribution in [3.05, 3.63) is 54.1 Å². The number of H-pyrrole nitrogens is 1. The molecule has 1 aromatic heterocycles. The van der Waals surface area contributed by atoms with Crippen LogP contribution in [0.1, 0.15) is 36.5 Å². The molecule has 29 heavy (non-hydrogen) atoms. The summed E-state index contributed by atoms with van der Waals surface area (Å²) in [4.78, 5) is 20.1. The van der Waals surface area contributed by atoms with Gasteiger partial charge in [0.05, 0.1) is 11.1 Å². The smallest absolute Gasteiger partial charge is 0.250 e. The van der Waals surface area contributed by atoms with Gasteiger partial charge in [0.1, 0.15) is 0 Å². The van der Waals surface area contributed by atoms with Crippen LogP contribution in [-0.4, -0.2) is 48.5 Å². The molecule has 1 amide bonds. The molecule has 3 aromatic rings. The second kappa shape index (κ2) is 8.70. The summed E-state index contributed by atoms with van der Waals surface area (Å²) in [6, 6.07) is 16.4. The number of rotatable bonds is 6. The van der Waals surface area contributed by atoms with Gasteiger partial charge in [0, 0.05) is 36.4 Å². The van der Waals surface area contributed by atoms with E-state index in [0.29, 0.717) is 5.56 Å². The summed E-state index contributed by atoms with van der Waals surface area (Å²) in [7, 11) is 0. The van der Waals surface area contributed by atoms with E-state index in [1.54, 1.807) is 6.07 Å². The predicted molar refractivity (Wildman–Crippen MR) is 120 cm³/mol. The SMILES string of the molecule is CCCCN1CCCN(c2ccc(-c3cc4cccc(C(N)=O)c4[nH]3)cc2)CC1. The number of unbranched alkanes of at least 4 members (excludes halogenated alkanes) is 1. The second-order valence-corrected chi connectivity index (χ2v) is 7.90. The number of nitrogens with two attached hydrogens (primary N) is 1. The lowest BCUT2D eigenvalue weighted by atomic mass is 10.1. The van der Waals surface area contributed by atoms with Crippen LogP contribution in [0.2, 0.25) is 0 Å². The van der Waals surface area contributed by atoms with Crippen LogP contribution in [-0.2, 0) is 0 Å². The van der Waals surface area contributed by atoms with Crippen LogP contribution >= 0.6 is 0 Å². The van der Waals surface area contributed by atoms with Crippen LogP contribution in [0.5, 0.6) is 0 Å². The van der Waals surface area contributed by atoms with Gasteiger partial charge < -0.3 is 20.5 Å². The van der Waals surface area contributed by atoms with E-state index in [9.17, 15) is 4.79 Å². The summed E-state index contributed by atoms with van der Waals surface area (Å²) < 4.78 is 0. The zero-order chi connectivity index (χ0) is 20.2. The minimum atomic E-state index is -0.409. The molecule has 1 aliphatic heterocycles. The Hall–Kier alpha value is -2.79. The van der Waals surface area contributed by atoms with Gasteiger partial charge in [-0.2, -0.15) is 0 Å². The number of carbonyl (C=O) groups excluding carboxylic acids is 1. The van der Waals surface area contributed by atoms with Crippen LogP contribution in [0.4, 0.5) is 5.69 Å². The summed E-state index contributed by atoms with van der Waals surface area (Å²) >= 11 is 0. The first kappa shape index (κ1) is 19.5. The van der Waals surface area contributed by atoms with Gasteiger partial charge in [-0.15, -0.1) is 0 Å². The fraction of sp³-hybridized carbons (Fsp3) is 0.375. The Kier molecular flexibility index (Phi) is 5.86. The van der Waals surface area contributed by atoms with Gasteiger partial charge in [-0.3, -0.25) is 4.79 Å². The number of aromatic amines is 1. The number of amides is 1. The largest absolute Gasteiger partial charge is 0.370 e. The third-order valence-corrected chi connectivity index (χ3v) is 5.88. The number of hydrogen-bond donors (Lipinski definition) is 2. The van der Waals surface area contributed by atoms with E-state index in [0.717, 1.165) is 41.8 Å². The Morgan fingerprint density at radius 3 is 2.66 bits per heavy atom. The molecule has 4 rings (SSSR count). The molecule has 5 heteroatoms. The highest BCUT2D eigenvalue weighted by atomic mass is 16.1. The summed E-state index contributed by atoms with van der Waals surface area (Å²) in [6.45, 7) is 8.00. The maximum Gasteiger partial charge on any atom is 0.250 e. The standard InChI is InChI=1S/C24H30N4O/c1-2-3-12-27-13-5-14-28(16-15-27)20-10-8-18(9-11-20)22-17-19-6-4-7-21(24(25)29)23(19)26-22/h4,6-11,17,26H,2-3,5,12-16H2,1H3,(H2,25,29). The van der Waals surface area contributed by atoms with Crippen LogP contribution in [0.15, 0.2) is 48.5 Å². The second-order valence-electron chi connectivity index (χ2n) is 7.90. The van der Waals surface area contributed by atoms with Gasteiger partial charge in [0.15, 0.2) is 0 Å². The molecule has 3 N–H and O–H groups in total. The first-order valence-corrected chi connectivity index (χ1v) is 10.6. The van der Waals surface area contributed by atoms with Crippen LogP contribution in [0, 0.1) is 0 Å². The molecular weight excluding hydrogens is 360 g/mol. The zero-order valence-electron chi connectivity index (χ0n) is 17.2. The minimum Gasteiger partial charge on any atom is -0.370 e. The predicted octanol–water partition coefficient (Wildman–Crippen LogP) is 4.25. The van der Waals surface area contributed by atoms with Gasteiger partial charge in [-0.25, -0.2) is 0 Å². The Balaban J connectivity index is 1.50. The van der Waals surface area contributed by atoms with Crippen LogP contribution < -0.4 is 10.6 Å². The number of carbonyl (C=O) groups is 1. The Morgan fingerprint density at radius 1 is 1.07 bits per heavy atom. The topological polar surface area (TPSA) is 65.4 Å². The van der Waals surface area contributed by atoms with Crippen molar-refractivity contribution in [1.82, 2.24) is 9.88 Å². The Labute approximate surface area is 172 Å². The van der Waals surface area contributed by atoms with Crippen molar-refractivity contribution in [3.63, 3.8) is 0 Å². The third-order valence-electron chi connectivity index (χ3n) is 5.88. The summed E-state index contributed by atoms with van der Waals surface area (Å²) in [6.07, 6.45) is 3.76. The quantitative estimate of drug-likeness (QED) is 0.661. The van der Waals surface area contributed by atoms with E-state index in [1.165, 1.54) is 38.0 Å². The summed E-state index contributed by atoms with van der Waals surface area (Å²) in [5.41, 5.74) is 10.2. The summed E-state index contributed by atoms with van der Waals surface area (Å²) in [5.74, 6) is -0.409. The van der Waals surface area contributed by atoms with Crippen molar-refractivity contribution in [2.24, 2.45) is 5.73 Å². The summed E-state index contributed by atoms with van der Waals surface area (Å²) in [5, 5.41) is 1.00. The molecule has 1 saturated heterocycles. The lowest BCUT2D eigenvalue weighted by Crippen LogP contribution is -2.31. The number of para-hydroxylation sites is 1. The number of hydrogen-bond acceptors (Lipinski definition) is 3. The minimum absolute atomic E-state index is 0.409. The van der Waals surface area contributed by atoms with E-state index in [1.807, 2.05) is 12.1 Å². The van der Waals surface area contributed by atoms with Crippen molar-refractivity contribution in [1.29, 1.82) is 0 Å². The molecule has 0 spiro atoms. The molecule has 1 fully saturated rings. The molecular formula is C24H30N4O. The Morgan fingerprint density at radius 2 is 1.90 bits per heavy atom. The van der Waals surface area contributed by atoms with Crippen molar-refractivity contribution in [2.45, 2.75) is 26.2 Å². The first-order valence-electron chi connectivity index (χ1n) is 10.6. The normalized spacial score (nSPS) is 15.6. The molecule has 5 nitrogen and oxygen atoms in total. The van der Waals surface area contributed by atoms with Crippen LogP contribution in [0.3, 0.4) is 0 Å². The molecule has 0 aliphatic carbocycles. The lowest BCUT2D eigenvalue weighted by molar-refractivity contribution is 0.100. The molecule has 0 radical (unpaired) electrons. The van der Waals surface area contributed by atoms with Gasteiger partial charge >= 0.3 is 0 Å². The molecule has 0 unspecified atom stereocenters. The zero-order valence-corrected chi connectivity index (χ0v) is 17.2. The number of nitrogens with zero attached hydrogens (tertiary/aromatic N) is 2. The number of aromatic nitrogens is 1. The van der Waals surface area contributed by atoms with Gasteiger partial charge in [-0.05, 0) is 55.8 Å². The van der Waals surface area contributed by atoms with Crippen LogP contribution in [0.25, 0.3) is 22.2 Å². The molecule has 2 heterocycles. The average Bonchev–Trinajstić information content (AvgIpc) is 3.04. The van der Waals surface area contributed by atoms with E-state index in [2.05, 4.69) is 52.0 Å². The van der Waals surface area contributed by atoms with E-state index >= 15 is 0 Å². The maximum absolute atomic E-state index is 11.7. The number of nitrogens with one attached hydrogen (secondary N) is 1. The number of anilines is 1. The van der Waals surface area contributed by atoms with E-state index in [-0.39, 0.29) is 0 Å². The first-order chi connectivity index (χ1) is 14.2. The molecule has 2 aromatic carbocycles. The highest BCUT2D eigenvalue weighted by Gasteiger charge is 2.15. The van der Waals surface area contributed by atoms with E-state index in [4.69, 9.17) is 5.73 Å². The number of primary amides is 1. The number of benzene rings is 2. The third kappa shape index (κ3) is 4.30. The highest BCUT2D eigenvalue weighted by molar-refractivity contribution is 6.06. The van der Waals surface area contributed by atoms with Crippen molar-refractivity contribution >= 4 is 22.5 Å². The fourth-order valence-corrected chi connectivity index (χ4v) is 4.20. The molecule has 1 aliphatic rings. The monoisotopic (exact) mass is 390 g/mol. The van der Waals surface area contributed by atoms with Gasteiger partial charge in [0.25, 0.3) is 5.91 Å². The molecule has 0 atom stereocenters. The van der Waals surface area contributed by atoms with Crippen molar-refractivity contribution < 1.29 is 4.79 Å². The van der Waals surface area contributed by atoms with Gasteiger partial charge in [-0.1, -0.05) is 37.6 Å². The average molecular weight is 391 g/mol. The van der Waals surface area contributed by atoms with Crippen molar-refractivity contribution in [3.8, 4) is 11.3 Å². The fourth-order valence-electron chi connectivity index (χ4n) is 4.20. The molecule has 152 valence electrons. The van der Waals surface area contributed by atoms with Gasteiger partial charge in [0.2, 0.25) is 0 Å². The Bertz CT molecular complexity index is 976. The molecule has 0 bridgehead atoms. The van der Waals surface area contributed by atoms with E-state index < -0.39 is 5.91 Å².